The average molecular weight is 389 g/mol. The standard InChI is InChI=1S/C19H23N3O4S/c1-3-22(11-17(23)24)14-8-13(9-14)21-18(25)16-10-20-19(27-16)12-4-6-15(26-2)7-5-12/h4-7,10,13-14H,3,8-9,11H2,1-2H3,(H,21,25)(H,23,24). The molecule has 0 saturated heterocycles. The number of likely N-dealkylation sites (N-methyl/N-ethyl adjacent to an activating group) is 1. The molecule has 7 nitrogen and oxygen atoms in total. The molecule has 1 aromatic carbocycles. The number of nitrogens with zero attached hydrogens (tertiary/aromatic N) is 2. The third-order valence-corrected chi connectivity index (χ3v) is 5.82. The molecule has 2 N–H and O–H groups in total. The summed E-state index contributed by atoms with van der Waals surface area (Å²) >= 11 is 1.35. The van der Waals surface area contributed by atoms with E-state index in [1.54, 1.807) is 13.3 Å². The summed E-state index contributed by atoms with van der Waals surface area (Å²) in [6, 6.07) is 7.85. The second kappa shape index (κ2) is 8.49. The maximum atomic E-state index is 12.4. The van der Waals surface area contributed by atoms with E-state index in [2.05, 4.69) is 10.3 Å². The molecule has 0 spiro atoms. The van der Waals surface area contributed by atoms with Gasteiger partial charge in [0.1, 0.15) is 15.6 Å². The zero-order valence-corrected chi connectivity index (χ0v) is 16.2. The van der Waals surface area contributed by atoms with E-state index in [1.807, 2.05) is 36.1 Å². The normalized spacial score (nSPS) is 18.8. The van der Waals surface area contributed by atoms with Crippen LogP contribution in [0.25, 0.3) is 10.6 Å². The van der Waals surface area contributed by atoms with Crippen LogP contribution in [0.1, 0.15) is 29.4 Å². The van der Waals surface area contributed by atoms with Crippen LogP contribution >= 0.6 is 11.3 Å². The van der Waals surface area contributed by atoms with Crippen LogP contribution in [-0.2, 0) is 4.79 Å². The van der Waals surface area contributed by atoms with Crippen LogP contribution in [0, 0.1) is 0 Å². The Hall–Kier alpha value is -2.45. The molecule has 1 aliphatic rings. The average Bonchev–Trinajstić information content (AvgIpc) is 3.12. The number of methoxy groups -OCH3 is 1. The van der Waals surface area contributed by atoms with E-state index in [4.69, 9.17) is 9.84 Å². The van der Waals surface area contributed by atoms with Gasteiger partial charge in [0.15, 0.2) is 0 Å². The van der Waals surface area contributed by atoms with E-state index in [0.717, 1.165) is 29.2 Å². The van der Waals surface area contributed by atoms with Crippen LogP contribution in [-0.4, -0.2) is 59.1 Å². The van der Waals surface area contributed by atoms with Crippen molar-refractivity contribution >= 4 is 23.2 Å². The van der Waals surface area contributed by atoms with Crippen LogP contribution < -0.4 is 10.1 Å². The van der Waals surface area contributed by atoms with Gasteiger partial charge in [-0.05, 0) is 43.7 Å². The summed E-state index contributed by atoms with van der Waals surface area (Å²) < 4.78 is 5.15. The van der Waals surface area contributed by atoms with Gasteiger partial charge in [-0.15, -0.1) is 11.3 Å². The fourth-order valence-electron chi connectivity index (χ4n) is 3.18. The first-order chi connectivity index (χ1) is 13.0. The van der Waals surface area contributed by atoms with Crippen molar-refractivity contribution in [1.29, 1.82) is 0 Å². The number of benzene rings is 1. The first-order valence-corrected chi connectivity index (χ1v) is 9.68. The van der Waals surface area contributed by atoms with Gasteiger partial charge < -0.3 is 15.2 Å². The van der Waals surface area contributed by atoms with Crippen LogP contribution in [0.4, 0.5) is 0 Å². The van der Waals surface area contributed by atoms with Crippen LogP contribution in [0.5, 0.6) is 5.75 Å². The second-order valence-electron chi connectivity index (χ2n) is 6.51. The van der Waals surface area contributed by atoms with Gasteiger partial charge in [-0.1, -0.05) is 6.92 Å². The Morgan fingerprint density at radius 3 is 2.63 bits per heavy atom. The number of aliphatic carboxylic acids is 1. The molecule has 144 valence electrons. The molecule has 1 saturated carbocycles. The van der Waals surface area contributed by atoms with Crippen molar-refractivity contribution in [3.63, 3.8) is 0 Å². The lowest BCUT2D eigenvalue weighted by molar-refractivity contribution is -0.139. The van der Waals surface area contributed by atoms with E-state index >= 15 is 0 Å². The van der Waals surface area contributed by atoms with E-state index in [-0.39, 0.29) is 24.5 Å². The smallest absolute Gasteiger partial charge is 0.317 e. The number of amides is 1. The Morgan fingerprint density at radius 2 is 2.04 bits per heavy atom. The van der Waals surface area contributed by atoms with Gasteiger partial charge >= 0.3 is 5.97 Å². The Kier molecular flexibility index (Phi) is 6.08. The van der Waals surface area contributed by atoms with E-state index in [1.165, 1.54) is 11.3 Å². The van der Waals surface area contributed by atoms with Crippen LogP contribution in [0.3, 0.4) is 0 Å². The molecule has 1 heterocycles. The second-order valence-corrected chi connectivity index (χ2v) is 7.54. The lowest BCUT2D eigenvalue weighted by Crippen LogP contribution is -2.54. The molecule has 27 heavy (non-hydrogen) atoms. The minimum Gasteiger partial charge on any atom is -0.497 e. The predicted molar refractivity (Wildman–Crippen MR) is 103 cm³/mol. The van der Waals surface area contributed by atoms with Crippen molar-refractivity contribution in [3.05, 3.63) is 35.3 Å². The molecule has 0 bridgehead atoms. The Morgan fingerprint density at radius 1 is 1.33 bits per heavy atom. The molecule has 1 amide bonds. The largest absolute Gasteiger partial charge is 0.497 e. The number of carbonyl (C=O) groups excluding carboxylic acids is 1. The molecule has 0 aliphatic heterocycles. The minimum atomic E-state index is -0.819. The summed E-state index contributed by atoms with van der Waals surface area (Å²) in [7, 11) is 1.62. The van der Waals surface area contributed by atoms with Crippen molar-refractivity contribution < 1.29 is 19.4 Å². The maximum absolute atomic E-state index is 12.4. The van der Waals surface area contributed by atoms with E-state index < -0.39 is 5.97 Å². The summed E-state index contributed by atoms with van der Waals surface area (Å²) in [6.07, 6.45) is 3.15. The SMILES string of the molecule is CCN(CC(=O)O)C1CC(NC(=O)c2cnc(-c3ccc(OC)cc3)s2)C1. The van der Waals surface area contributed by atoms with Gasteiger partial charge in [-0.25, -0.2) is 4.98 Å². The van der Waals surface area contributed by atoms with Gasteiger partial charge in [0, 0.05) is 17.6 Å². The molecular formula is C19H23N3O4S. The lowest BCUT2D eigenvalue weighted by atomic mass is 9.85. The van der Waals surface area contributed by atoms with Crippen molar-refractivity contribution in [2.45, 2.75) is 31.8 Å². The Bertz CT molecular complexity index is 800. The van der Waals surface area contributed by atoms with Crippen molar-refractivity contribution in [2.24, 2.45) is 0 Å². The molecule has 3 rings (SSSR count). The molecule has 2 aromatic rings. The number of rotatable bonds is 8. The number of carbonyl (C=O) groups is 2. The highest BCUT2D eigenvalue weighted by Crippen LogP contribution is 2.29. The molecule has 1 fully saturated rings. The van der Waals surface area contributed by atoms with Gasteiger partial charge in [-0.2, -0.15) is 0 Å². The zero-order valence-electron chi connectivity index (χ0n) is 15.3. The number of nitrogens with one attached hydrogen (secondary N) is 1. The molecule has 1 aliphatic carbocycles. The Balaban J connectivity index is 1.54. The topological polar surface area (TPSA) is 91.8 Å². The minimum absolute atomic E-state index is 0.0436. The molecule has 8 heteroatoms. The number of carboxylic acids is 1. The highest BCUT2D eigenvalue weighted by molar-refractivity contribution is 7.16. The highest BCUT2D eigenvalue weighted by atomic mass is 32.1. The number of thiazole rings is 1. The summed E-state index contributed by atoms with van der Waals surface area (Å²) in [5.41, 5.74) is 0.941. The van der Waals surface area contributed by atoms with E-state index in [0.29, 0.717) is 11.4 Å². The molecule has 0 unspecified atom stereocenters. The van der Waals surface area contributed by atoms with Crippen molar-refractivity contribution in [1.82, 2.24) is 15.2 Å². The monoisotopic (exact) mass is 389 g/mol. The van der Waals surface area contributed by atoms with Crippen LogP contribution in [0.2, 0.25) is 0 Å². The van der Waals surface area contributed by atoms with Crippen molar-refractivity contribution in [3.8, 4) is 16.3 Å². The third-order valence-electron chi connectivity index (χ3n) is 4.78. The van der Waals surface area contributed by atoms with Crippen molar-refractivity contribution in [2.75, 3.05) is 20.2 Å². The number of carboxylic acid groups (broad SMARTS) is 1. The summed E-state index contributed by atoms with van der Waals surface area (Å²) in [5.74, 6) is -0.172. The van der Waals surface area contributed by atoms with Gasteiger partial charge in [0.2, 0.25) is 0 Å². The fourth-order valence-corrected chi connectivity index (χ4v) is 4.00. The third kappa shape index (κ3) is 4.64. The van der Waals surface area contributed by atoms with Gasteiger partial charge in [-0.3, -0.25) is 14.5 Å². The quantitative estimate of drug-likeness (QED) is 0.721. The first kappa shape index (κ1) is 19.3. The summed E-state index contributed by atoms with van der Waals surface area (Å²) in [6.45, 7) is 2.69. The lowest BCUT2D eigenvalue weighted by Gasteiger charge is -2.42. The molecule has 0 atom stereocenters. The number of aromatic nitrogens is 1. The predicted octanol–water partition coefficient (Wildman–Crippen LogP) is 2.49. The maximum Gasteiger partial charge on any atom is 0.317 e. The zero-order chi connectivity index (χ0) is 19.4. The number of ether oxygens (including phenoxy) is 1. The Labute approximate surface area is 162 Å². The summed E-state index contributed by atoms with van der Waals surface area (Å²) in [5, 5.41) is 12.7. The summed E-state index contributed by atoms with van der Waals surface area (Å²) in [4.78, 5) is 30.2. The van der Waals surface area contributed by atoms with Gasteiger partial charge in [0.25, 0.3) is 5.91 Å². The van der Waals surface area contributed by atoms with Crippen LogP contribution in [0.15, 0.2) is 30.5 Å². The number of hydrogen-bond donors (Lipinski definition) is 2. The molecule has 0 radical (unpaired) electrons. The molecular weight excluding hydrogens is 366 g/mol. The highest BCUT2D eigenvalue weighted by Gasteiger charge is 2.35. The molecule has 1 aromatic heterocycles. The fraction of sp³-hybridized carbons (Fsp3) is 0.421. The van der Waals surface area contributed by atoms with Gasteiger partial charge in [0.05, 0.1) is 19.9 Å². The first-order valence-electron chi connectivity index (χ1n) is 8.87. The van der Waals surface area contributed by atoms with E-state index in [9.17, 15) is 9.59 Å². The number of hydrogen-bond acceptors (Lipinski definition) is 6.